The van der Waals surface area contributed by atoms with E-state index in [9.17, 15) is 14.9 Å². The van der Waals surface area contributed by atoms with Crippen molar-refractivity contribution < 1.29 is 4.92 Å². The Kier molecular flexibility index (Phi) is 2.60. The van der Waals surface area contributed by atoms with E-state index in [4.69, 9.17) is 0 Å². The van der Waals surface area contributed by atoms with Crippen molar-refractivity contribution in [3.63, 3.8) is 0 Å². The molecule has 3 aromatic rings. The third-order valence-corrected chi connectivity index (χ3v) is 3.66. The predicted molar refractivity (Wildman–Crippen MR) is 72.3 cm³/mol. The average Bonchev–Trinajstić information content (AvgIpc) is 2.88. The molecule has 0 saturated carbocycles. The molecule has 0 saturated heterocycles. The number of rotatable bonds is 2. The number of nitro groups is 1. The van der Waals surface area contributed by atoms with Crippen molar-refractivity contribution in [3.05, 3.63) is 56.9 Å². The van der Waals surface area contributed by atoms with Crippen LogP contribution in [0.1, 0.15) is 0 Å². The van der Waals surface area contributed by atoms with Gasteiger partial charge in [0.25, 0.3) is 5.56 Å². The Morgan fingerprint density at radius 3 is 2.74 bits per heavy atom. The highest BCUT2D eigenvalue weighted by Gasteiger charge is 2.13. The minimum Gasteiger partial charge on any atom is -0.305 e. The molecule has 3 rings (SSSR count). The van der Waals surface area contributed by atoms with Crippen LogP contribution in [0.4, 0.5) is 5.00 Å². The molecule has 1 N–H and O–H groups in total. The largest absolute Gasteiger partial charge is 0.324 e. The normalized spacial score (nSPS) is 10.7. The van der Waals surface area contributed by atoms with E-state index in [0.29, 0.717) is 21.6 Å². The fraction of sp³-hybridized carbons (Fsp3) is 0. The van der Waals surface area contributed by atoms with E-state index in [1.165, 1.54) is 6.07 Å². The van der Waals surface area contributed by atoms with Crippen molar-refractivity contribution in [2.75, 3.05) is 0 Å². The zero-order valence-electron chi connectivity index (χ0n) is 9.49. The summed E-state index contributed by atoms with van der Waals surface area (Å²) in [4.78, 5) is 29.6. The second-order valence-corrected chi connectivity index (χ2v) is 4.89. The van der Waals surface area contributed by atoms with Gasteiger partial charge in [0.1, 0.15) is 0 Å². The Morgan fingerprint density at radius 1 is 1.21 bits per heavy atom. The van der Waals surface area contributed by atoms with Crippen LogP contribution in [-0.2, 0) is 0 Å². The van der Waals surface area contributed by atoms with Gasteiger partial charge in [-0.25, -0.2) is 4.98 Å². The molecule has 7 heteroatoms. The van der Waals surface area contributed by atoms with E-state index in [2.05, 4.69) is 9.97 Å². The Balaban J connectivity index is 2.19. The molecule has 1 aromatic carbocycles. The standard InChI is InChI=1S/C12H7N3O3S/c16-12-7-3-1-2-4-8(7)13-11(14-12)9-5-6-10(19-9)15(17)18/h1-6H,(H,13,14,16). The monoisotopic (exact) mass is 273 g/mol. The number of thiophene rings is 1. The molecule has 0 unspecified atom stereocenters. The molecule has 0 amide bonds. The number of nitrogens with zero attached hydrogens (tertiary/aromatic N) is 2. The lowest BCUT2D eigenvalue weighted by Crippen LogP contribution is -2.08. The maximum absolute atomic E-state index is 11.9. The first kappa shape index (κ1) is 11.5. The van der Waals surface area contributed by atoms with Crippen LogP contribution in [0.15, 0.2) is 41.2 Å². The van der Waals surface area contributed by atoms with Gasteiger partial charge in [-0.05, 0) is 18.2 Å². The van der Waals surface area contributed by atoms with Gasteiger partial charge in [-0.15, -0.1) is 0 Å². The number of hydrogen-bond acceptors (Lipinski definition) is 5. The van der Waals surface area contributed by atoms with Crippen LogP contribution < -0.4 is 5.56 Å². The summed E-state index contributed by atoms with van der Waals surface area (Å²) in [6, 6.07) is 9.94. The molecule has 19 heavy (non-hydrogen) atoms. The maximum Gasteiger partial charge on any atom is 0.324 e. The van der Waals surface area contributed by atoms with Crippen molar-refractivity contribution in [2.45, 2.75) is 0 Å². The lowest BCUT2D eigenvalue weighted by molar-refractivity contribution is -0.380. The number of benzene rings is 1. The molecule has 0 radical (unpaired) electrons. The van der Waals surface area contributed by atoms with Crippen LogP contribution in [0.2, 0.25) is 0 Å². The molecule has 0 atom stereocenters. The summed E-state index contributed by atoms with van der Waals surface area (Å²) in [5.41, 5.74) is 0.314. The van der Waals surface area contributed by atoms with Crippen LogP contribution in [0.25, 0.3) is 21.6 Å². The Morgan fingerprint density at radius 2 is 2.00 bits per heavy atom. The van der Waals surface area contributed by atoms with E-state index in [0.717, 1.165) is 11.3 Å². The Bertz CT molecular complexity index is 837. The Labute approximate surface area is 110 Å². The van der Waals surface area contributed by atoms with Crippen molar-refractivity contribution >= 4 is 27.2 Å². The molecule has 0 bridgehead atoms. The molecule has 0 fully saturated rings. The van der Waals surface area contributed by atoms with Gasteiger partial charge in [-0.3, -0.25) is 14.9 Å². The number of hydrogen-bond donors (Lipinski definition) is 1. The molecule has 0 aliphatic rings. The van der Waals surface area contributed by atoms with Gasteiger partial charge in [0.05, 0.1) is 20.7 Å². The van der Waals surface area contributed by atoms with Crippen LogP contribution in [0.5, 0.6) is 0 Å². The highest BCUT2D eigenvalue weighted by Crippen LogP contribution is 2.30. The molecule has 0 aliphatic heterocycles. The van der Waals surface area contributed by atoms with Crippen molar-refractivity contribution in [2.24, 2.45) is 0 Å². The van der Waals surface area contributed by atoms with E-state index in [-0.39, 0.29) is 10.6 Å². The average molecular weight is 273 g/mol. The number of aromatic amines is 1. The number of aromatic nitrogens is 2. The lowest BCUT2D eigenvalue weighted by Gasteiger charge is -1.99. The first-order valence-electron chi connectivity index (χ1n) is 5.39. The predicted octanol–water partition coefficient (Wildman–Crippen LogP) is 2.56. The van der Waals surface area contributed by atoms with Gasteiger partial charge in [0.15, 0.2) is 5.82 Å². The zero-order chi connectivity index (χ0) is 13.4. The van der Waals surface area contributed by atoms with Gasteiger partial charge < -0.3 is 4.98 Å². The van der Waals surface area contributed by atoms with E-state index in [1.807, 2.05) is 0 Å². The number of H-pyrrole nitrogens is 1. The minimum absolute atomic E-state index is 0.0193. The smallest absolute Gasteiger partial charge is 0.305 e. The summed E-state index contributed by atoms with van der Waals surface area (Å²) < 4.78 is 0. The number of fused-ring (bicyclic) bond motifs is 1. The first-order valence-corrected chi connectivity index (χ1v) is 6.20. The van der Waals surface area contributed by atoms with Crippen molar-refractivity contribution in [1.29, 1.82) is 0 Å². The Hall–Kier alpha value is -2.54. The molecule has 0 aliphatic carbocycles. The van der Waals surface area contributed by atoms with Crippen LogP contribution in [0.3, 0.4) is 0 Å². The fourth-order valence-corrected chi connectivity index (χ4v) is 2.52. The molecule has 94 valence electrons. The second kappa shape index (κ2) is 4.29. The van der Waals surface area contributed by atoms with Crippen molar-refractivity contribution in [3.8, 4) is 10.7 Å². The topological polar surface area (TPSA) is 88.9 Å². The lowest BCUT2D eigenvalue weighted by atomic mass is 10.2. The third-order valence-electron chi connectivity index (χ3n) is 2.62. The zero-order valence-corrected chi connectivity index (χ0v) is 10.3. The third kappa shape index (κ3) is 2.00. The van der Waals surface area contributed by atoms with E-state index >= 15 is 0 Å². The fourth-order valence-electron chi connectivity index (χ4n) is 1.76. The summed E-state index contributed by atoms with van der Waals surface area (Å²) in [5, 5.41) is 11.2. The highest BCUT2D eigenvalue weighted by atomic mass is 32.1. The van der Waals surface area contributed by atoms with Crippen LogP contribution in [0, 0.1) is 10.1 Å². The van der Waals surface area contributed by atoms with Gasteiger partial charge in [0.2, 0.25) is 0 Å². The summed E-state index contributed by atoms with van der Waals surface area (Å²) in [6.45, 7) is 0. The summed E-state index contributed by atoms with van der Waals surface area (Å²) >= 11 is 0.980. The maximum atomic E-state index is 11.9. The van der Waals surface area contributed by atoms with Gasteiger partial charge in [0, 0.05) is 6.07 Å². The van der Waals surface area contributed by atoms with Gasteiger partial charge in [-0.2, -0.15) is 0 Å². The van der Waals surface area contributed by atoms with E-state index in [1.54, 1.807) is 30.3 Å². The molecular weight excluding hydrogens is 266 g/mol. The quantitative estimate of drug-likeness (QED) is 0.574. The van der Waals surface area contributed by atoms with Crippen LogP contribution in [-0.4, -0.2) is 14.9 Å². The minimum atomic E-state index is -0.465. The van der Waals surface area contributed by atoms with Crippen LogP contribution >= 0.6 is 11.3 Å². The summed E-state index contributed by atoms with van der Waals surface area (Å²) in [7, 11) is 0. The van der Waals surface area contributed by atoms with Gasteiger partial charge >= 0.3 is 5.00 Å². The van der Waals surface area contributed by atoms with Crippen molar-refractivity contribution in [1.82, 2.24) is 9.97 Å². The molecule has 2 aromatic heterocycles. The van der Waals surface area contributed by atoms with E-state index < -0.39 is 4.92 Å². The molecule has 0 spiro atoms. The summed E-state index contributed by atoms with van der Waals surface area (Å²) in [5.74, 6) is 0.349. The van der Waals surface area contributed by atoms with Gasteiger partial charge in [-0.1, -0.05) is 23.5 Å². The highest BCUT2D eigenvalue weighted by molar-refractivity contribution is 7.18. The first-order chi connectivity index (χ1) is 9.15. The molecular formula is C12H7N3O3S. The molecule has 6 nitrogen and oxygen atoms in total. The SMILES string of the molecule is O=c1[nH]c(-c2ccc([N+](=O)[O-])s2)nc2ccccc12. The summed E-state index contributed by atoms with van der Waals surface area (Å²) in [6.07, 6.45) is 0. The number of nitrogens with one attached hydrogen (secondary N) is 1. The second-order valence-electron chi connectivity index (χ2n) is 3.83. The molecule has 2 heterocycles. The number of para-hydroxylation sites is 1.